The number of piperidine rings is 1. The van der Waals surface area contributed by atoms with Gasteiger partial charge < -0.3 is 15.5 Å². The number of likely N-dealkylation sites (tertiary alicyclic amines) is 1. The molecule has 2 aliphatic heterocycles. The largest absolute Gasteiger partial charge is 0.342 e. The Labute approximate surface area is 97.8 Å². The quantitative estimate of drug-likeness (QED) is 0.713. The van der Waals surface area contributed by atoms with Gasteiger partial charge in [0.15, 0.2) is 0 Å². The second-order valence-electron chi connectivity index (χ2n) is 5.02. The molecule has 0 radical (unpaired) electrons. The summed E-state index contributed by atoms with van der Waals surface area (Å²) in [5.41, 5.74) is 0. The molecule has 1 amide bonds. The van der Waals surface area contributed by atoms with Gasteiger partial charge in [-0.1, -0.05) is 0 Å². The number of amides is 1. The Morgan fingerprint density at radius 2 is 2.12 bits per heavy atom. The van der Waals surface area contributed by atoms with Crippen molar-refractivity contribution in [1.29, 1.82) is 0 Å². The summed E-state index contributed by atoms with van der Waals surface area (Å²) in [7, 11) is 1.98. The topological polar surface area (TPSA) is 44.4 Å². The van der Waals surface area contributed by atoms with Gasteiger partial charge >= 0.3 is 0 Å². The van der Waals surface area contributed by atoms with E-state index in [0.717, 1.165) is 52.0 Å². The molecule has 4 nitrogen and oxygen atoms in total. The molecule has 1 atom stereocenters. The van der Waals surface area contributed by atoms with Crippen LogP contribution in [-0.2, 0) is 4.79 Å². The summed E-state index contributed by atoms with van der Waals surface area (Å²) < 4.78 is 0. The van der Waals surface area contributed by atoms with Crippen molar-refractivity contribution < 1.29 is 4.79 Å². The van der Waals surface area contributed by atoms with Crippen LogP contribution in [0, 0.1) is 11.8 Å². The van der Waals surface area contributed by atoms with E-state index in [9.17, 15) is 4.79 Å². The van der Waals surface area contributed by atoms with E-state index in [-0.39, 0.29) is 5.92 Å². The highest BCUT2D eigenvalue weighted by molar-refractivity contribution is 5.79. The van der Waals surface area contributed by atoms with E-state index in [2.05, 4.69) is 15.5 Å². The van der Waals surface area contributed by atoms with Crippen LogP contribution >= 0.6 is 0 Å². The summed E-state index contributed by atoms with van der Waals surface area (Å²) in [4.78, 5) is 14.3. The first-order valence-electron chi connectivity index (χ1n) is 6.45. The Kier molecular flexibility index (Phi) is 4.18. The third kappa shape index (κ3) is 2.74. The van der Waals surface area contributed by atoms with Gasteiger partial charge in [0.05, 0.1) is 0 Å². The Morgan fingerprint density at radius 1 is 1.38 bits per heavy atom. The van der Waals surface area contributed by atoms with Crippen LogP contribution in [0.2, 0.25) is 0 Å². The summed E-state index contributed by atoms with van der Waals surface area (Å²) in [5, 5.41) is 6.51. The first-order chi connectivity index (χ1) is 7.81. The third-order valence-corrected chi connectivity index (χ3v) is 3.78. The van der Waals surface area contributed by atoms with Crippen molar-refractivity contribution in [2.45, 2.75) is 19.3 Å². The van der Waals surface area contributed by atoms with Crippen molar-refractivity contribution in [3.63, 3.8) is 0 Å². The van der Waals surface area contributed by atoms with Crippen molar-refractivity contribution >= 4 is 5.91 Å². The van der Waals surface area contributed by atoms with Gasteiger partial charge in [0.1, 0.15) is 0 Å². The lowest BCUT2D eigenvalue weighted by molar-refractivity contribution is -0.135. The van der Waals surface area contributed by atoms with Gasteiger partial charge in [-0.25, -0.2) is 0 Å². The number of nitrogens with one attached hydrogen (secondary N) is 2. The van der Waals surface area contributed by atoms with E-state index in [1.165, 1.54) is 0 Å². The predicted molar refractivity (Wildman–Crippen MR) is 64.2 cm³/mol. The number of hydrogen-bond donors (Lipinski definition) is 2. The number of rotatable bonds is 3. The fourth-order valence-corrected chi connectivity index (χ4v) is 2.82. The van der Waals surface area contributed by atoms with Crippen LogP contribution in [0.4, 0.5) is 0 Å². The molecule has 4 heteroatoms. The van der Waals surface area contributed by atoms with Crippen LogP contribution in [-0.4, -0.2) is 50.6 Å². The van der Waals surface area contributed by atoms with Gasteiger partial charge in [-0.3, -0.25) is 4.79 Å². The standard InChI is InChI=1S/C12H23N3O/c1-13-8-10-4-7-15(9-10)12(16)11-2-5-14-6-3-11/h10-11,13-14H,2-9H2,1H3. The van der Waals surface area contributed by atoms with Crippen molar-refractivity contribution in [2.24, 2.45) is 11.8 Å². The highest BCUT2D eigenvalue weighted by Crippen LogP contribution is 2.21. The molecule has 92 valence electrons. The molecule has 2 aliphatic rings. The molecular formula is C12H23N3O. The highest BCUT2D eigenvalue weighted by atomic mass is 16.2. The summed E-state index contributed by atoms with van der Waals surface area (Å²) >= 11 is 0. The van der Waals surface area contributed by atoms with Crippen LogP contribution in [0.25, 0.3) is 0 Å². The molecule has 1 unspecified atom stereocenters. The Balaban J connectivity index is 1.81. The van der Waals surface area contributed by atoms with Gasteiger partial charge in [0, 0.05) is 19.0 Å². The summed E-state index contributed by atoms with van der Waals surface area (Å²) in [6.07, 6.45) is 3.20. The fourth-order valence-electron chi connectivity index (χ4n) is 2.82. The van der Waals surface area contributed by atoms with Crippen LogP contribution in [0.15, 0.2) is 0 Å². The summed E-state index contributed by atoms with van der Waals surface area (Å²) in [6.45, 7) is 4.98. The number of carbonyl (C=O) groups excluding carboxylic acids is 1. The van der Waals surface area contributed by atoms with E-state index in [1.54, 1.807) is 0 Å². The molecule has 2 N–H and O–H groups in total. The lowest BCUT2D eigenvalue weighted by Crippen LogP contribution is -2.40. The first-order valence-corrected chi connectivity index (χ1v) is 6.45. The molecule has 2 fully saturated rings. The maximum Gasteiger partial charge on any atom is 0.225 e. The zero-order valence-corrected chi connectivity index (χ0v) is 10.2. The second kappa shape index (κ2) is 5.64. The molecule has 2 saturated heterocycles. The Morgan fingerprint density at radius 3 is 2.81 bits per heavy atom. The average Bonchev–Trinajstić information content (AvgIpc) is 2.78. The molecule has 2 rings (SSSR count). The number of nitrogens with zero attached hydrogens (tertiary/aromatic N) is 1. The smallest absolute Gasteiger partial charge is 0.225 e. The van der Waals surface area contributed by atoms with Crippen molar-refractivity contribution in [1.82, 2.24) is 15.5 Å². The Hall–Kier alpha value is -0.610. The zero-order valence-electron chi connectivity index (χ0n) is 10.2. The van der Waals surface area contributed by atoms with E-state index in [0.29, 0.717) is 11.8 Å². The molecule has 0 spiro atoms. The van der Waals surface area contributed by atoms with E-state index in [1.807, 2.05) is 7.05 Å². The summed E-state index contributed by atoms with van der Waals surface area (Å²) in [6, 6.07) is 0. The molecule has 16 heavy (non-hydrogen) atoms. The number of carbonyl (C=O) groups is 1. The third-order valence-electron chi connectivity index (χ3n) is 3.78. The maximum absolute atomic E-state index is 12.2. The van der Waals surface area contributed by atoms with Crippen molar-refractivity contribution in [3.05, 3.63) is 0 Å². The van der Waals surface area contributed by atoms with Gasteiger partial charge in [0.25, 0.3) is 0 Å². The molecule has 0 aromatic heterocycles. The molecule has 0 aromatic rings. The highest BCUT2D eigenvalue weighted by Gasteiger charge is 2.30. The Bertz CT molecular complexity index is 238. The van der Waals surface area contributed by atoms with E-state index in [4.69, 9.17) is 0 Å². The first kappa shape index (κ1) is 11.9. The normalized spacial score (nSPS) is 27.3. The molecular weight excluding hydrogens is 202 g/mol. The minimum Gasteiger partial charge on any atom is -0.342 e. The lowest BCUT2D eigenvalue weighted by Gasteiger charge is -2.26. The van der Waals surface area contributed by atoms with Gasteiger partial charge in [-0.15, -0.1) is 0 Å². The van der Waals surface area contributed by atoms with E-state index < -0.39 is 0 Å². The molecule has 0 bridgehead atoms. The summed E-state index contributed by atoms with van der Waals surface area (Å²) in [5.74, 6) is 1.35. The minimum atomic E-state index is 0.287. The fraction of sp³-hybridized carbons (Fsp3) is 0.917. The van der Waals surface area contributed by atoms with Crippen LogP contribution in [0.5, 0.6) is 0 Å². The lowest BCUT2D eigenvalue weighted by atomic mass is 9.97. The van der Waals surface area contributed by atoms with Crippen LogP contribution in [0.3, 0.4) is 0 Å². The van der Waals surface area contributed by atoms with Crippen LogP contribution < -0.4 is 10.6 Å². The molecule has 0 aliphatic carbocycles. The minimum absolute atomic E-state index is 0.287. The monoisotopic (exact) mass is 225 g/mol. The average molecular weight is 225 g/mol. The second-order valence-corrected chi connectivity index (χ2v) is 5.02. The van der Waals surface area contributed by atoms with Crippen LogP contribution in [0.1, 0.15) is 19.3 Å². The SMILES string of the molecule is CNCC1CCN(C(=O)C2CCNCC2)C1. The van der Waals surface area contributed by atoms with Gasteiger partial charge in [0.2, 0.25) is 5.91 Å². The molecule has 2 heterocycles. The van der Waals surface area contributed by atoms with Gasteiger partial charge in [-0.05, 0) is 51.9 Å². The molecule has 0 saturated carbocycles. The van der Waals surface area contributed by atoms with Crippen molar-refractivity contribution in [3.8, 4) is 0 Å². The van der Waals surface area contributed by atoms with Crippen molar-refractivity contribution in [2.75, 3.05) is 39.8 Å². The number of hydrogen-bond acceptors (Lipinski definition) is 3. The predicted octanol–water partition coefficient (Wildman–Crippen LogP) is 0.0539. The van der Waals surface area contributed by atoms with Gasteiger partial charge in [-0.2, -0.15) is 0 Å². The maximum atomic E-state index is 12.2. The molecule has 0 aromatic carbocycles. The zero-order chi connectivity index (χ0) is 11.4. The van der Waals surface area contributed by atoms with E-state index >= 15 is 0 Å².